The number of rotatable bonds is 2. The number of amides is 1. The number of carbonyl (C=O) groups is 1. The van der Waals surface area contributed by atoms with Crippen LogP contribution in [0.3, 0.4) is 0 Å². The fraction of sp³-hybridized carbons (Fsp3) is 0. The minimum atomic E-state index is -0.360. The molecule has 3 aromatic rings. The van der Waals surface area contributed by atoms with E-state index < -0.39 is 0 Å². The molecule has 0 radical (unpaired) electrons. The van der Waals surface area contributed by atoms with Crippen molar-refractivity contribution in [2.24, 2.45) is 0 Å². The molecule has 1 aromatic heterocycles. The Balaban J connectivity index is 1.90. The zero-order valence-electron chi connectivity index (χ0n) is 10.4. The number of aromatic amines is 1. The number of imidazole rings is 1. The minimum absolute atomic E-state index is 0.237. The number of hydrogen-bond donors (Lipinski definition) is 3. The molecule has 1 heterocycles. The first kappa shape index (κ1) is 12.5. The van der Waals surface area contributed by atoms with Crippen LogP contribution < -0.4 is 11.1 Å². The van der Waals surface area contributed by atoms with Gasteiger partial charge in [-0.25, -0.2) is 4.98 Å². The number of carbonyl (C=O) groups excluding carboxylic acids is 1. The molecule has 2 aromatic carbocycles. The van der Waals surface area contributed by atoms with Crippen molar-refractivity contribution in [1.29, 1.82) is 0 Å². The van der Waals surface area contributed by atoms with Crippen LogP contribution in [0.1, 0.15) is 10.4 Å². The number of nitrogens with two attached hydrogens (primary N) is 1. The van der Waals surface area contributed by atoms with Crippen molar-refractivity contribution in [2.75, 3.05) is 11.1 Å². The quantitative estimate of drug-likeness (QED) is 0.633. The Bertz CT molecular complexity index is 764. The Labute approximate surface area is 119 Å². The first-order valence-corrected chi connectivity index (χ1v) is 6.33. The number of fused-ring (bicyclic) bond motifs is 1. The number of hydrogen-bond acceptors (Lipinski definition) is 3. The molecule has 4 N–H and O–H groups in total. The van der Waals surface area contributed by atoms with Crippen LogP contribution in [0, 0.1) is 0 Å². The zero-order chi connectivity index (χ0) is 14.1. The third kappa shape index (κ3) is 2.19. The second-order valence-corrected chi connectivity index (χ2v) is 4.64. The van der Waals surface area contributed by atoms with E-state index in [1.165, 1.54) is 0 Å². The van der Waals surface area contributed by atoms with Gasteiger partial charge in [0.15, 0.2) is 0 Å². The summed E-state index contributed by atoms with van der Waals surface area (Å²) in [5.74, 6) is 0.0102. The maximum absolute atomic E-state index is 12.2. The third-order valence-electron chi connectivity index (χ3n) is 2.89. The van der Waals surface area contributed by atoms with E-state index in [0.717, 1.165) is 11.0 Å². The molecular weight excluding hydrogens is 276 g/mol. The van der Waals surface area contributed by atoms with Crippen LogP contribution in [0.2, 0.25) is 5.02 Å². The summed E-state index contributed by atoms with van der Waals surface area (Å²) in [6.07, 6.45) is 0. The predicted octanol–water partition coefficient (Wildman–Crippen LogP) is 3.05. The molecular formula is C14H11ClN4O. The van der Waals surface area contributed by atoms with Crippen LogP contribution in [-0.4, -0.2) is 15.9 Å². The monoisotopic (exact) mass is 286 g/mol. The van der Waals surface area contributed by atoms with E-state index in [1.54, 1.807) is 18.2 Å². The van der Waals surface area contributed by atoms with Gasteiger partial charge in [-0.15, -0.1) is 0 Å². The summed E-state index contributed by atoms with van der Waals surface area (Å²) in [4.78, 5) is 19.4. The lowest BCUT2D eigenvalue weighted by Crippen LogP contribution is -2.14. The molecule has 0 saturated heterocycles. The molecule has 0 saturated carbocycles. The standard InChI is InChI=1S/C14H11ClN4O/c15-12-8(4-3-5-9(12)16)13(20)19-14-17-10-6-1-2-7-11(10)18-14/h1-7H,16H2,(H2,17,18,19,20). The highest BCUT2D eigenvalue weighted by atomic mass is 35.5. The second kappa shape index (κ2) is 4.86. The van der Waals surface area contributed by atoms with Crippen LogP contribution in [0.25, 0.3) is 11.0 Å². The number of nitrogens with one attached hydrogen (secondary N) is 2. The smallest absolute Gasteiger partial charge is 0.259 e. The first-order valence-electron chi connectivity index (χ1n) is 5.95. The summed E-state index contributed by atoms with van der Waals surface area (Å²) < 4.78 is 0. The number of anilines is 2. The normalized spacial score (nSPS) is 10.7. The van der Waals surface area contributed by atoms with E-state index in [1.807, 2.05) is 24.3 Å². The van der Waals surface area contributed by atoms with Crippen molar-refractivity contribution in [3.05, 3.63) is 53.1 Å². The molecule has 0 unspecified atom stereocenters. The Kier molecular flexibility index (Phi) is 3.04. The van der Waals surface area contributed by atoms with Crippen molar-refractivity contribution in [3.63, 3.8) is 0 Å². The van der Waals surface area contributed by atoms with Crippen LogP contribution in [0.15, 0.2) is 42.5 Å². The van der Waals surface area contributed by atoms with E-state index in [2.05, 4.69) is 15.3 Å². The van der Waals surface area contributed by atoms with Crippen molar-refractivity contribution in [3.8, 4) is 0 Å². The van der Waals surface area contributed by atoms with E-state index in [4.69, 9.17) is 17.3 Å². The molecule has 5 nitrogen and oxygen atoms in total. The molecule has 0 aliphatic heterocycles. The Hall–Kier alpha value is -2.53. The van der Waals surface area contributed by atoms with E-state index in [0.29, 0.717) is 17.2 Å². The van der Waals surface area contributed by atoms with Gasteiger partial charge in [0.05, 0.1) is 27.3 Å². The Morgan fingerprint density at radius 1 is 1.20 bits per heavy atom. The molecule has 0 spiro atoms. The van der Waals surface area contributed by atoms with E-state index >= 15 is 0 Å². The second-order valence-electron chi connectivity index (χ2n) is 4.27. The SMILES string of the molecule is Nc1cccc(C(=O)Nc2nc3ccccc3[nH]2)c1Cl. The van der Waals surface area contributed by atoms with Crippen molar-refractivity contribution in [1.82, 2.24) is 9.97 Å². The fourth-order valence-electron chi connectivity index (χ4n) is 1.91. The van der Waals surface area contributed by atoms with Gasteiger partial charge < -0.3 is 10.7 Å². The highest BCUT2D eigenvalue weighted by molar-refractivity contribution is 6.36. The van der Waals surface area contributed by atoms with Crippen LogP contribution >= 0.6 is 11.6 Å². The lowest BCUT2D eigenvalue weighted by atomic mass is 10.2. The molecule has 0 aliphatic rings. The molecule has 0 atom stereocenters. The predicted molar refractivity (Wildman–Crippen MR) is 79.9 cm³/mol. The molecule has 1 amide bonds. The molecule has 0 fully saturated rings. The number of nitrogens with zero attached hydrogens (tertiary/aromatic N) is 1. The van der Waals surface area contributed by atoms with Gasteiger partial charge in [0.2, 0.25) is 5.95 Å². The highest BCUT2D eigenvalue weighted by Crippen LogP contribution is 2.24. The van der Waals surface area contributed by atoms with Crippen LogP contribution in [0.4, 0.5) is 11.6 Å². The number of H-pyrrole nitrogens is 1. The maximum atomic E-state index is 12.2. The lowest BCUT2D eigenvalue weighted by Gasteiger charge is -2.05. The lowest BCUT2D eigenvalue weighted by molar-refractivity contribution is 0.102. The molecule has 0 aliphatic carbocycles. The summed E-state index contributed by atoms with van der Waals surface area (Å²) in [6.45, 7) is 0. The van der Waals surface area contributed by atoms with Crippen LogP contribution in [-0.2, 0) is 0 Å². The molecule has 3 rings (SSSR count). The number of halogens is 1. The average molecular weight is 287 g/mol. The van der Waals surface area contributed by atoms with Gasteiger partial charge in [0.25, 0.3) is 5.91 Å². The van der Waals surface area contributed by atoms with E-state index in [-0.39, 0.29) is 10.9 Å². The van der Waals surface area contributed by atoms with Crippen molar-refractivity contribution < 1.29 is 4.79 Å². The average Bonchev–Trinajstić information content (AvgIpc) is 2.83. The van der Waals surface area contributed by atoms with Gasteiger partial charge in [0, 0.05) is 0 Å². The maximum Gasteiger partial charge on any atom is 0.259 e. The van der Waals surface area contributed by atoms with Gasteiger partial charge in [-0.2, -0.15) is 0 Å². The zero-order valence-corrected chi connectivity index (χ0v) is 11.1. The number of para-hydroxylation sites is 2. The largest absolute Gasteiger partial charge is 0.398 e. The van der Waals surface area contributed by atoms with Gasteiger partial charge >= 0.3 is 0 Å². The molecule has 0 bridgehead atoms. The first-order chi connectivity index (χ1) is 9.65. The number of nitrogen functional groups attached to an aromatic ring is 1. The Morgan fingerprint density at radius 2 is 2.00 bits per heavy atom. The number of aromatic nitrogens is 2. The topological polar surface area (TPSA) is 83.8 Å². The molecule has 100 valence electrons. The van der Waals surface area contributed by atoms with Crippen LogP contribution in [0.5, 0.6) is 0 Å². The summed E-state index contributed by atoms with van der Waals surface area (Å²) in [6, 6.07) is 12.4. The summed E-state index contributed by atoms with van der Waals surface area (Å²) in [5, 5.41) is 2.91. The minimum Gasteiger partial charge on any atom is -0.398 e. The molecule has 6 heteroatoms. The van der Waals surface area contributed by atoms with Crippen molar-refractivity contribution >= 4 is 40.2 Å². The van der Waals surface area contributed by atoms with Gasteiger partial charge in [-0.05, 0) is 24.3 Å². The number of benzene rings is 2. The summed E-state index contributed by atoms with van der Waals surface area (Å²) in [7, 11) is 0. The van der Waals surface area contributed by atoms with Gasteiger partial charge in [-0.3, -0.25) is 10.1 Å². The third-order valence-corrected chi connectivity index (χ3v) is 3.32. The van der Waals surface area contributed by atoms with E-state index in [9.17, 15) is 4.79 Å². The Morgan fingerprint density at radius 3 is 2.80 bits per heavy atom. The molecule has 20 heavy (non-hydrogen) atoms. The summed E-state index contributed by atoms with van der Waals surface area (Å²) in [5.41, 5.74) is 7.98. The fourth-order valence-corrected chi connectivity index (χ4v) is 2.12. The summed E-state index contributed by atoms with van der Waals surface area (Å²) >= 11 is 6.02. The van der Waals surface area contributed by atoms with Gasteiger partial charge in [0.1, 0.15) is 0 Å². The highest BCUT2D eigenvalue weighted by Gasteiger charge is 2.13. The van der Waals surface area contributed by atoms with Gasteiger partial charge in [-0.1, -0.05) is 29.8 Å². The van der Waals surface area contributed by atoms with Crippen molar-refractivity contribution in [2.45, 2.75) is 0 Å².